The minimum absolute atomic E-state index is 0.171. The van der Waals surface area contributed by atoms with Crippen LogP contribution in [0.25, 0.3) is 22.0 Å². The van der Waals surface area contributed by atoms with E-state index in [0.29, 0.717) is 5.56 Å². The maximum Gasteiger partial charge on any atom is 0.126 e. The van der Waals surface area contributed by atoms with Crippen molar-refractivity contribution in [3.8, 4) is 11.1 Å². The van der Waals surface area contributed by atoms with E-state index in [4.69, 9.17) is 0 Å². The monoisotopic (exact) mass is 254 g/mol. The third-order valence-electron chi connectivity index (χ3n) is 3.48. The topological polar surface area (TPSA) is 17.8 Å². The summed E-state index contributed by atoms with van der Waals surface area (Å²) >= 11 is 0. The van der Waals surface area contributed by atoms with Crippen LogP contribution >= 0.6 is 0 Å². The van der Waals surface area contributed by atoms with Crippen molar-refractivity contribution in [1.82, 2.24) is 9.78 Å². The molecule has 0 fully saturated rings. The first kappa shape index (κ1) is 11.9. The van der Waals surface area contributed by atoms with Gasteiger partial charge in [-0.05, 0) is 42.2 Å². The zero-order chi connectivity index (χ0) is 13.6. The van der Waals surface area contributed by atoms with Crippen LogP contribution in [0.2, 0.25) is 0 Å². The summed E-state index contributed by atoms with van der Waals surface area (Å²) in [5.74, 6) is -0.171. The predicted molar refractivity (Wildman–Crippen MR) is 75.6 cm³/mol. The largest absolute Gasteiger partial charge is 0.275 e. The lowest BCUT2D eigenvalue weighted by Crippen LogP contribution is -1.87. The van der Waals surface area contributed by atoms with Crippen molar-refractivity contribution in [1.29, 1.82) is 0 Å². The summed E-state index contributed by atoms with van der Waals surface area (Å²) in [4.78, 5) is 0. The Morgan fingerprint density at radius 3 is 2.53 bits per heavy atom. The first-order chi connectivity index (χ1) is 9.06. The van der Waals surface area contributed by atoms with Gasteiger partial charge in [-0.2, -0.15) is 5.10 Å². The van der Waals surface area contributed by atoms with E-state index in [0.717, 1.165) is 27.6 Å². The number of hydrogen-bond acceptors (Lipinski definition) is 1. The molecular formula is C16H15FN2. The van der Waals surface area contributed by atoms with Crippen LogP contribution in [-0.4, -0.2) is 9.78 Å². The van der Waals surface area contributed by atoms with Crippen molar-refractivity contribution in [2.24, 2.45) is 7.05 Å². The molecule has 0 bridgehead atoms. The minimum atomic E-state index is -0.171. The molecule has 1 heterocycles. The fourth-order valence-electron chi connectivity index (χ4n) is 2.37. The lowest BCUT2D eigenvalue weighted by molar-refractivity contribution is 0.619. The number of benzene rings is 2. The first-order valence-corrected chi connectivity index (χ1v) is 6.26. The summed E-state index contributed by atoms with van der Waals surface area (Å²) in [6.45, 7) is 3.81. The van der Waals surface area contributed by atoms with Gasteiger partial charge < -0.3 is 0 Å². The van der Waals surface area contributed by atoms with Crippen LogP contribution in [0.1, 0.15) is 11.1 Å². The number of fused-ring (bicyclic) bond motifs is 1. The van der Waals surface area contributed by atoms with E-state index < -0.39 is 0 Å². The van der Waals surface area contributed by atoms with Crippen molar-refractivity contribution in [2.45, 2.75) is 13.8 Å². The van der Waals surface area contributed by atoms with Crippen LogP contribution in [0.5, 0.6) is 0 Å². The lowest BCUT2D eigenvalue weighted by atomic mass is 9.99. The fraction of sp³-hybridized carbons (Fsp3) is 0.188. The zero-order valence-electron chi connectivity index (χ0n) is 11.2. The second-order valence-electron chi connectivity index (χ2n) is 4.96. The van der Waals surface area contributed by atoms with Gasteiger partial charge in [-0.3, -0.25) is 4.68 Å². The number of halogens is 1. The normalized spacial score (nSPS) is 11.2. The number of nitrogens with zero attached hydrogens (tertiary/aromatic N) is 2. The Morgan fingerprint density at radius 2 is 1.79 bits per heavy atom. The molecule has 0 spiro atoms. The van der Waals surface area contributed by atoms with E-state index in [2.05, 4.69) is 5.10 Å². The molecule has 1 aromatic heterocycles. The molecule has 2 nitrogen and oxygen atoms in total. The predicted octanol–water partition coefficient (Wildman–Crippen LogP) is 4.00. The first-order valence-electron chi connectivity index (χ1n) is 6.26. The minimum Gasteiger partial charge on any atom is -0.275 e. The average Bonchev–Trinajstić information content (AvgIpc) is 2.76. The van der Waals surface area contributed by atoms with Crippen molar-refractivity contribution in [2.75, 3.05) is 0 Å². The molecule has 0 aliphatic rings. The number of aromatic nitrogens is 2. The highest BCUT2D eigenvalue weighted by atomic mass is 19.1. The maximum atomic E-state index is 13.7. The molecule has 0 N–H and O–H groups in total. The highest BCUT2D eigenvalue weighted by Crippen LogP contribution is 2.30. The van der Waals surface area contributed by atoms with E-state index >= 15 is 0 Å². The molecule has 0 amide bonds. The van der Waals surface area contributed by atoms with E-state index in [1.165, 1.54) is 0 Å². The van der Waals surface area contributed by atoms with Gasteiger partial charge in [0.1, 0.15) is 5.82 Å². The van der Waals surface area contributed by atoms with Gasteiger partial charge in [-0.1, -0.05) is 24.3 Å². The standard InChI is InChI=1S/C16H15FN2/c1-10-4-6-12(8-15(10)17)13-7-5-11(2)16-14(13)9-19(3)18-16/h4-9H,1-3H3. The average molecular weight is 254 g/mol. The van der Waals surface area contributed by atoms with Gasteiger partial charge in [-0.25, -0.2) is 4.39 Å². The third-order valence-corrected chi connectivity index (χ3v) is 3.48. The Morgan fingerprint density at radius 1 is 1.05 bits per heavy atom. The van der Waals surface area contributed by atoms with Gasteiger partial charge in [0.2, 0.25) is 0 Å². The second kappa shape index (κ2) is 4.19. The molecule has 0 saturated heterocycles. The molecular weight excluding hydrogens is 239 g/mol. The van der Waals surface area contributed by atoms with Crippen LogP contribution in [0.3, 0.4) is 0 Å². The van der Waals surface area contributed by atoms with Crippen molar-refractivity contribution < 1.29 is 4.39 Å². The zero-order valence-corrected chi connectivity index (χ0v) is 11.2. The summed E-state index contributed by atoms with van der Waals surface area (Å²) in [5, 5.41) is 5.52. The van der Waals surface area contributed by atoms with Crippen molar-refractivity contribution in [3.63, 3.8) is 0 Å². The Bertz CT molecular complexity index is 772. The second-order valence-corrected chi connectivity index (χ2v) is 4.96. The lowest BCUT2D eigenvalue weighted by Gasteiger charge is -2.06. The molecule has 3 rings (SSSR count). The highest BCUT2D eigenvalue weighted by Gasteiger charge is 2.10. The Balaban J connectivity index is 2.30. The summed E-state index contributed by atoms with van der Waals surface area (Å²) in [5.41, 5.74) is 4.68. The number of rotatable bonds is 1. The van der Waals surface area contributed by atoms with Gasteiger partial charge in [0.05, 0.1) is 5.52 Å². The molecule has 96 valence electrons. The third kappa shape index (κ3) is 1.91. The molecule has 0 unspecified atom stereocenters. The van der Waals surface area contributed by atoms with Crippen LogP contribution < -0.4 is 0 Å². The van der Waals surface area contributed by atoms with Crippen molar-refractivity contribution in [3.05, 3.63) is 53.5 Å². The molecule has 0 radical (unpaired) electrons. The molecule has 0 aliphatic heterocycles. The van der Waals surface area contributed by atoms with Gasteiger partial charge >= 0.3 is 0 Å². The summed E-state index contributed by atoms with van der Waals surface area (Å²) in [6, 6.07) is 9.42. The number of hydrogen-bond donors (Lipinski definition) is 0. The van der Waals surface area contributed by atoms with Gasteiger partial charge in [0, 0.05) is 18.6 Å². The Labute approximate surface area is 111 Å². The van der Waals surface area contributed by atoms with Crippen LogP contribution in [0.15, 0.2) is 36.5 Å². The van der Waals surface area contributed by atoms with Gasteiger partial charge in [-0.15, -0.1) is 0 Å². The molecule has 0 atom stereocenters. The molecule has 3 aromatic rings. The molecule has 0 saturated carbocycles. The van der Waals surface area contributed by atoms with Crippen molar-refractivity contribution >= 4 is 10.9 Å². The SMILES string of the molecule is Cc1ccc(-c2ccc(C)c3nn(C)cc23)cc1F. The van der Waals surface area contributed by atoms with E-state index in [1.807, 2.05) is 44.4 Å². The fourth-order valence-corrected chi connectivity index (χ4v) is 2.37. The summed E-state index contributed by atoms with van der Waals surface area (Å²) in [7, 11) is 1.90. The van der Waals surface area contributed by atoms with Crippen LogP contribution in [-0.2, 0) is 7.05 Å². The van der Waals surface area contributed by atoms with Gasteiger partial charge in [0.15, 0.2) is 0 Å². The van der Waals surface area contributed by atoms with E-state index in [-0.39, 0.29) is 5.82 Å². The molecule has 2 aromatic carbocycles. The van der Waals surface area contributed by atoms with Gasteiger partial charge in [0.25, 0.3) is 0 Å². The summed E-state index contributed by atoms with van der Waals surface area (Å²) < 4.78 is 15.5. The molecule has 3 heteroatoms. The molecule has 0 aliphatic carbocycles. The molecule has 19 heavy (non-hydrogen) atoms. The quantitative estimate of drug-likeness (QED) is 0.642. The van der Waals surface area contributed by atoms with E-state index in [1.54, 1.807) is 17.7 Å². The smallest absolute Gasteiger partial charge is 0.126 e. The van der Waals surface area contributed by atoms with Crippen LogP contribution in [0, 0.1) is 19.7 Å². The Hall–Kier alpha value is -2.16. The highest BCUT2D eigenvalue weighted by molar-refractivity contribution is 5.96. The van der Waals surface area contributed by atoms with Crippen LogP contribution in [0.4, 0.5) is 4.39 Å². The maximum absolute atomic E-state index is 13.7. The van der Waals surface area contributed by atoms with E-state index in [9.17, 15) is 4.39 Å². The Kier molecular flexibility index (Phi) is 2.63. The summed E-state index contributed by atoms with van der Waals surface area (Å²) in [6.07, 6.45) is 1.98. The number of aryl methyl sites for hydroxylation is 3.